The molecule has 7 heteroatoms. The summed E-state index contributed by atoms with van der Waals surface area (Å²) < 4.78 is 38.2. The Labute approximate surface area is 127 Å². The van der Waals surface area contributed by atoms with Crippen LogP contribution in [0.15, 0.2) is 36.4 Å². The number of halogens is 5. The minimum Gasteiger partial charge on any atom is -0.338 e. The SMILES string of the molecule is FC(F)(F)c1cccc(-c2nc3cc(Cl)c(Cl)cc3[nH]2)c1. The Bertz CT molecular complexity index is 786. The number of rotatable bonds is 1. The molecular formula is C14H7Cl2F3N2. The Kier molecular flexibility index (Phi) is 3.34. The van der Waals surface area contributed by atoms with Crippen LogP contribution in [0.25, 0.3) is 22.4 Å². The summed E-state index contributed by atoms with van der Waals surface area (Å²) in [5, 5.41) is 0.690. The van der Waals surface area contributed by atoms with Crippen molar-refractivity contribution in [2.24, 2.45) is 0 Å². The molecule has 0 fully saturated rings. The molecular weight excluding hydrogens is 324 g/mol. The zero-order chi connectivity index (χ0) is 15.2. The zero-order valence-electron chi connectivity index (χ0n) is 10.3. The second kappa shape index (κ2) is 4.93. The van der Waals surface area contributed by atoms with E-state index in [-0.39, 0.29) is 0 Å². The minimum atomic E-state index is -4.39. The third-order valence-corrected chi connectivity index (χ3v) is 3.71. The van der Waals surface area contributed by atoms with E-state index >= 15 is 0 Å². The maximum absolute atomic E-state index is 12.7. The van der Waals surface area contributed by atoms with Crippen molar-refractivity contribution in [3.8, 4) is 11.4 Å². The van der Waals surface area contributed by atoms with Gasteiger partial charge in [0.15, 0.2) is 0 Å². The highest BCUT2D eigenvalue weighted by atomic mass is 35.5. The van der Waals surface area contributed by atoms with E-state index in [1.165, 1.54) is 6.07 Å². The second-order valence-electron chi connectivity index (χ2n) is 4.45. The molecule has 0 aliphatic rings. The predicted molar refractivity (Wildman–Crippen MR) is 76.6 cm³/mol. The van der Waals surface area contributed by atoms with Crippen LogP contribution >= 0.6 is 23.2 Å². The van der Waals surface area contributed by atoms with Gasteiger partial charge in [0.1, 0.15) is 5.82 Å². The molecule has 0 amide bonds. The molecule has 0 aliphatic heterocycles. The smallest absolute Gasteiger partial charge is 0.338 e. The number of aromatic nitrogens is 2. The Hall–Kier alpha value is -1.72. The lowest BCUT2D eigenvalue weighted by Crippen LogP contribution is -2.04. The molecule has 108 valence electrons. The predicted octanol–water partition coefficient (Wildman–Crippen LogP) is 5.56. The summed E-state index contributed by atoms with van der Waals surface area (Å²) in [6.45, 7) is 0. The maximum Gasteiger partial charge on any atom is 0.416 e. The average molecular weight is 331 g/mol. The van der Waals surface area contributed by atoms with Gasteiger partial charge in [-0.1, -0.05) is 35.3 Å². The molecule has 3 rings (SSSR count). The van der Waals surface area contributed by atoms with Gasteiger partial charge in [0.05, 0.1) is 26.6 Å². The highest BCUT2D eigenvalue weighted by molar-refractivity contribution is 6.42. The first-order chi connectivity index (χ1) is 9.84. The highest BCUT2D eigenvalue weighted by Gasteiger charge is 2.30. The summed E-state index contributed by atoms with van der Waals surface area (Å²) in [6.07, 6.45) is -4.39. The van der Waals surface area contributed by atoms with Crippen LogP contribution in [0.3, 0.4) is 0 Å². The van der Waals surface area contributed by atoms with Crippen LogP contribution in [0.2, 0.25) is 10.0 Å². The van der Waals surface area contributed by atoms with Crippen molar-refractivity contribution < 1.29 is 13.2 Å². The Morgan fingerprint density at radius 3 is 2.43 bits per heavy atom. The molecule has 1 N–H and O–H groups in total. The van der Waals surface area contributed by atoms with Crippen LogP contribution in [0.5, 0.6) is 0 Å². The third-order valence-electron chi connectivity index (χ3n) is 2.99. The molecule has 1 heterocycles. The minimum absolute atomic E-state index is 0.328. The van der Waals surface area contributed by atoms with E-state index in [0.29, 0.717) is 32.5 Å². The van der Waals surface area contributed by atoms with E-state index in [1.54, 1.807) is 18.2 Å². The van der Waals surface area contributed by atoms with Crippen molar-refractivity contribution >= 4 is 34.2 Å². The number of hydrogen-bond acceptors (Lipinski definition) is 1. The molecule has 21 heavy (non-hydrogen) atoms. The van der Waals surface area contributed by atoms with Crippen molar-refractivity contribution in [2.45, 2.75) is 6.18 Å². The fraction of sp³-hybridized carbons (Fsp3) is 0.0714. The number of nitrogens with zero attached hydrogens (tertiary/aromatic N) is 1. The fourth-order valence-corrected chi connectivity index (χ4v) is 2.31. The highest BCUT2D eigenvalue weighted by Crippen LogP contribution is 2.33. The van der Waals surface area contributed by atoms with E-state index < -0.39 is 11.7 Å². The van der Waals surface area contributed by atoms with Gasteiger partial charge < -0.3 is 4.98 Å². The van der Waals surface area contributed by atoms with Crippen molar-refractivity contribution in [1.82, 2.24) is 9.97 Å². The molecule has 0 atom stereocenters. The lowest BCUT2D eigenvalue weighted by atomic mass is 10.1. The number of imidazole rings is 1. The molecule has 2 aromatic carbocycles. The molecule has 0 radical (unpaired) electrons. The van der Waals surface area contributed by atoms with Crippen molar-refractivity contribution in [3.63, 3.8) is 0 Å². The molecule has 0 aliphatic carbocycles. The third kappa shape index (κ3) is 2.71. The number of hydrogen-bond donors (Lipinski definition) is 1. The van der Waals surface area contributed by atoms with Gasteiger partial charge in [-0.15, -0.1) is 0 Å². The summed E-state index contributed by atoms with van der Waals surface area (Å²) in [4.78, 5) is 7.18. The Morgan fingerprint density at radius 1 is 1.00 bits per heavy atom. The van der Waals surface area contributed by atoms with Crippen molar-refractivity contribution in [3.05, 3.63) is 52.0 Å². The number of nitrogens with one attached hydrogen (secondary N) is 1. The molecule has 0 spiro atoms. The molecule has 0 saturated heterocycles. The van der Waals surface area contributed by atoms with Gasteiger partial charge in [-0.05, 0) is 24.3 Å². The van der Waals surface area contributed by atoms with Crippen LogP contribution in [-0.2, 0) is 6.18 Å². The van der Waals surface area contributed by atoms with Gasteiger partial charge in [-0.3, -0.25) is 0 Å². The van der Waals surface area contributed by atoms with Crippen LogP contribution in [0.4, 0.5) is 13.2 Å². The van der Waals surface area contributed by atoms with Gasteiger partial charge in [0.25, 0.3) is 0 Å². The summed E-state index contributed by atoms with van der Waals surface area (Å²) in [7, 11) is 0. The van der Waals surface area contributed by atoms with Crippen molar-refractivity contribution in [2.75, 3.05) is 0 Å². The van der Waals surface area contributed by atoms with E-state index in [0.717, 1.165) is 12.1 Å². The van der Waals surface area contributed by atoms with Crippen LogP contribution in [0.1, 0.15) is 5.56 Å². The monoisotopic (exact) mass is 330 g/mol. The molecule has 0 saturated carbocycles. The Morgan fingerprint density at radius 2 is 1.71 bits per heavy atom. The zero-order valence-corrected chi connectivity index (χ0v) is 11.8. The first-order valence-corrected chi connectivity index (χ1v) is 6.62. The second-order valence-corrected chi connectivity index (χ2v) is 5.26. The standard InChI is InChI=1S/C14H7Cl2F3N2/c15-9-5-11-12(6-10(9)16)21-13(20-11)7-2-1-3-8(4-7)14(17,18)19/h1-6H,(H,20,21). The van der Waals surface area contributed by atoms with E-state index in [4.69, 9.17) is 23.2 Å². The lowest BCUT2D eigenvalue weighted by Gasteiger charge is -2.07. The van der Waals surface area contributed by atoms with E-state index in [1.807, 2.05) is 0 Å². The van der Waals surface area contributed by atoms with Gasteiger partial charge in [-0.2, -0.15) is 13.2 Å². The summed E-state index contributed by atoms with van der Waals surface area (Å²) >= 11 is 11.8. The summed E-state index contributed by atoms with van der Waals surface area (Å²) in [6, 6.07) is 8.10. The first kappa shape index (κ1) is 14.2. The first-order valence-electron chi connectivity index (χ1n) is 5.87. The van der Waals surface area contributed by atoms with E-state index in [2.05, 4.69) is 9.97 Å². The topological polar surface area (TPSA) is 28.7 Å². The largest absolute Gasteiger partial charge is 0.416 e. The van der Waals surface area contributed by atoms with Gasteiger partial charge >= 0.3 is 6.18 Å². The van der Waals surface area contributed by atoms with Gasteiger partial charge in [-0.25, -0.2) is 4.98 Å². The normalized spacial score (nSPS) is 12.0. The fourth-order valence-electron chi connectivity index (χ4n) is 1.98. The number of H-pyrrole nitrogens is 1. The lowest BCUT2D eigenvalue weighted by molar-refractivity contribution is -0.137. The molecule has 0 bridgehead atoms. The van der Waals surface area contributed by atoms with Crippen molar-refractivity contribution in [1.29, 1.82) is 0 Å². The van der Waals surface area contributed by atoms with Gasteiger partial charge in [0.2, 0.25) is 0 Å². The average Bonchev–Trinajstić information content (AvgIpc) is 2.81. The quantitative estimate of drug-likeness (QED) is 0.622. The molecule has 1 aromatic heterocycles. The number of aromatic amines is 1. The molecule has 0 unspecified atom stereocenters. The number of fused-ring (bicyclic) bond motifs is 1. The number of benzene rings is 2. The molecule has 2 nitrogen and oxygen atoms in total. The van der Waals surface area contributed by atoms with Crippen LogP contribution < -0.4 is 0 Å². The van der Waals surface area contributed by atoms with Gasteiger partial charge in [0, 0.05) is 5.56 Å². The maximum atomic E-state index is 12.7. The number of alkyl halides is 3. The van der Waals surface area contributed by atoms with E-state index in [9.17, 15) is 13.2 Å². The summed E-state index contributed by atoms with van der Waals surface area (Å²) in [5.41, 5.74) is 0.762. The van der Waals surface area contributed by atoms with Crippen LogP contribution in [-0.4, -0.2) is 9.97 Å². The van der Waals surface area contributed by atoms with Crippen LogP contribution in [0, 0.1) is 0 Å². The summed E-state index contributed by atoms with van der Waals surface area (Å²) in [5.74, 6) is 0.328. The Balaban J connectivity index is 2.12. The molecule has 3 aromatic rings.